The van der Waals surface area contributed by atoms with Crippen molar-refractivity contribution in [2.24, 2.45) is 0 Å². The lowest BCUT2D eigenvalue weighted by Crippen LogP contribution is -2.03. The number of rotatable bonds is 5. The van der Waals surface area contributed by atoms with Gasteiger partial charge in [-0.25, -0.2) is 0 Å². The number of benzene rings is 2. The zero-order valence-electron chi connectivity index (χ0n) is 11.1. The van der Waals surface area contributed by atoms with E-state index in [4.69, 9.17) is 11.6 Å². The van der Waals surface area contributed by atoms with E-state index < -0.39 is 4.92 Å². The molecule has 0 aliphatic carbocycles. The molecule has 0 aromatic heterocycles. The maximum absolute atomic E-state index is 10.7. The maximum atomic E-state index is 10.7. The van der Waals surface area contributed by atoms with Crippen molar-refractivity contribution in [1.29, 1.82) is 0 Å². The lowest BCUT2D eigenvalue weighted by atomic mass is 10.1. The average Bonchev–Trinajstić information content (AvgIpc) is 2.46. The number of aryl methyl sites for hydroxylation is 1. The van der Waals surface area contributed by atoms with Crippen molar-refractivity contribution in [2.75, 3.05) is 5.32 Å². The Hall–Kier alpha value is -2.07. The second kappa shape index (κ2) is 6.39. The number of anilines is 1. The van der Waals surface area contributed by atoms with Crippen molar-refractivity contribution in [2.45, 2.75) is 19.9 Å². The number of hydrogen-bond donors (Lipinski definition) is 1. The van der Waals surface area contributed by atoms with Crippen molar-refractivity contribution >= 4 is 23.0 Å². The molecule has 104 valence electrons. The summed E-state index contributed by atoms with van der Waals surface area (Å²) in [5, 5.41) is 14.4. The standard InChI is InChI=1S/C15H15ClN2O2/c1-2-11-5-3-4-6-15(11)17-10-12-7-8-13(18(19)20)9-14(12)16/h3-9,17H,2,10H2,1H3. The zero-order chi connectivity index (χ0) is 14.5. The van der Waals surface area contributed by atoms with Crippen molar-refractivity contribution in [1.82, 2.24) is 0 Å². The molecular formula is C15H15ClN2O2. The van der Waals surface area contributed by atoms with Crippen molar-refractivity contribution in [3.05, 3.63) is 68.7 Å². The Balaban J connectivity index is 2.13. The molecule has 0 atom stereocenters. The van der Waals surface area contributed by atoms with Crippen LogP contribution in [-0.4, -0.2) is 4.92 Å². The third-order valence-corrected chi connectivity index (χ3v) is 3.47. The van der Waals surface area contributed by atoms with Crippen molar-refractivity contribution < 1.29 is 4.92 Å². The molecule has 0 spiro atoms. The predicted molar refractivity (Wildman–Crippen MR) is 81.3 cm³/mol. The van der Waals surface area contributed by atoms with E-state index in [0.29, 0.717) is 11.6 Å². The smallest absolute Gasteiger partial charge is 0.270 e. The summed E-state index contributed by atoms with van der Waals surface area (Å²) in [6.07, 6.45) is 0.942. The molecule has 20 heavy (non-hydrogen) atoms. The topological polar surface area (TPSA) is 55.2 Å². The maximum Gasteiger partial charge on any atom is 0.270 e. The molecule has 0 unspecified atom stereocenters. The van der Waals surface area contributed by atoms with Crippen LogP contribution in [0, 0.1) is 10.1 Å². The predicted octanol–water partition coefficient (Wildman–Crippen LogP) is 4.42. The molecule has 2 aromatic rings. The van der Waals surface area contributed by atoms with Gasteiger partial charge in [-0.3, -0.25) is 10.1 Å². The molecule has 0 aliphatic heterocycles. The quantitative estimate of drug-likeness (QED) is 0.655. The van der Waals surface area contributed by atoms with E-state index in [1.807, 2.05) is 18.2 Å². The van der Waals surface area contributed by atoms with Crippen LogP contribution in [0.2, 0.25) is 5.02 Å². The summed E-state index contributed by atoms with van der Waals surface area (Å²) < 4.78 is 0. The summed E-state index contributed by atoms with van der Waals surface area (Å²) in [6.45, 7) is 2.63. The number of nitro benzene ring substituents is 1. The van der Waals surface area contributed by atoms with E-state index in [1.54, 1.807) is 6.07 Å². The highest BCUT2D eigenvalue weighted by Crippen LogP contribution is 2.24. The van der Waals surface area contributed by atoms with Crippen LogP contribution in [0.3, 0.4) is 0 Å². The molecular weight excluding hydrogens is 276 g/mol. The third-order valence-electron chi connectivity index (χ3n) is 3.12. The fraction of sp³-hybridized carbons (Fsp3) is 0.200. The Kier molecular flexibility index (Phi) is 4.58. The van der Waals surface area contributed by atoms with E-state index in [0.717, 1.165) is 17.7 Å². The van der Waals surface area contributed by atoms with Crippen LogP contribution >= 0.6 is 11.6 Å². The minimum atomic E-state index is -0.449. The van der Waals surface area contributed by atoms with Crippen molar-refractivity contribution in [3.8, 4) is 0 Å². The first-order valence-electron chi connectivity index (χ1n) is 6.36. The molecule has 0 saturated carbocycles. The van der Waals surface area contributed by atoms with Gasteiger partial charge in [0, 0.05) is 24.4 Å². The molecule has 1 N–H and O–H groups in total. The van der Waals surface area contributed by atoms with Crippen LogP contribution in [0.4, 0.5) is 11.4 Å². The first kappa shape index (κ1) is 14.3. The van der Waals surface area contributed by atoms with Crippen LogP contribution in [0.25, 0.3) is 0 Å². The van der Waals surface area contributed by atoms with Gasteiger partial charge >= 0.3 is 0 Å². The Morgan fingerprint density at radius 2 is 1.95 bits per heavy atom. The lowest BCUT2D eigenvalue weighted by Gasteiger charge is -2.11. The number of halogens is 1. The van der Waals surface area contributed by atoms with E-state index >= 15 is 0 Å². The number of nitrogens with zero attached hydrogens (tertiary/aromatic N) is 1. The summed E-state index contributed by atoms with van der Waals surface area (Å²) in [4.78, 5) is 10.2. The summed E-state index contributed by atoms with van der Waals surface area (Å²) in [5.41, 5.74) is 3.13. The minimum Gasteiger partial charge on any atom is -0.381 e. The highest BCUT2D eigenvalue weighted by molar-refractivity contribution is 6.31. The van der Waals surface area contributed by atoms with Gasteiger partial charge in [-0.15, -0.1) is 0 Å². The molecule has 0 amide bonds. The first-order chi connectivity index (χ1) is 9.61. The molecule has 0 bridgehead atoms. The van der Waals surface area contributed by atoms with E-state index in [1.165, 1.54) is 17.7 Å². The van der Waals surface area contributed by atoms with Crippen LogP contribution in [-0.2, 0) is 13.0 Å². The molecule has 0 heterocycles. The Bertz CT molecular complexity index is 629. The van der Waals surface area contributed by atoms with E-state index in [9.17, 15) is 10.1 Å². The van der Waals surface area contributed by atoms with Crippen LogP contribution in [0.5, 0.6) is 0 Å². The van der Waals surface area contributed by atoms with E-state index in [-0.39, 0.29) is 5.69 Å². The van der Waals surface area contributed by atoms with Gasteiger partial charge in [-0.05, 0) is 29.7 Å². The number of nitrogens with one attached hydrogen (secondary N) is 1. The molecule has 2 rings (SSSR count). The van der Waals surface area contributed by atoms with Gasteiger partial charge in [0.2, 0.25) is 0 Å². The third kappa shape index (κ3) is 3.27. The number of non-ortho nitro benzene ring substituents is 1. The highest BCUT2D eigenvalue weighted by atomic mass is 35.5. The van der Waals surface area contributed by atoms with Gasteiger partial charge in [-0.1, -0.05) is 36.7 Å². The van der Waals surface area contributed by atoms with E-state index in [2.05, 4.69) is 18.3 Å². The molecule has 0 aliphatic rings. The molecule has 2 aromatic carbocycles. The Labute approximate surface area is 122 Å². The summed E-state index contributed by atoms with van der Waals surface area (Å²) in [6, 6.07) is 12.6. The molecule has 0 radical (unpaired) electrons. The monoisotopic (exact) mass is 290 g/mol. The molecule has 5 heteroatoms. The van der Waals surface area contributed by atoms with Gasteiger partial charge in [0.15, 0.2) is 0 Å². The second-order valence-corrected chi connectivity index (χ2v) is 4.80. The van der Waals surface area contributed by atoms with Gasteiger partial charge in [0.05, 0.1) is 9.95 Å². The Morgan fingerprint density at radius 1 is 1.20 bits per heavy atom. The highest BCUT2D eigenvalue weighted by Gasteiger charge is 2.09. The summed E-state index contributed by atoms with van der Waals surface area (Å²) in [7, 11) is 0. The number of nitro groups is 1. The average molecular weight is 291 g/mol. The normalized spacial score (nSPS) is 10.3. The minimum absolute atomic E-state index is 0.00714. The molecule has 0 saturated heterocycles. The SMILES string of the molecule is CCc1ccccc1NCc1ccc([N+](=O)[O-])cc1Cl. The first-order valence-corrected chi connectivity index (χ1v) is 6.74. The molecule has 0 fully saturated rings. The summed E-state index contributed by atoms with van der Waals surface area (Å²) in [5.74, 6) is 0. The van der Waals surface area contributed by atoms with Gasteiger partial charge in [0.1, 0.15) is 0 Å². The van der Waals surface area contributed by atoms with Gasteiger partial charge in [-0.2, -0.15) is 0 Å². The Morgan fingerprint density at radius 3 is 2.60 bits per heavy atom. The van der Waals surface area contributed by atoms with Crippen molar-refractivity contribution in [3.63, 3.8) is 0 Å². The number of para-hydroxylation sites is 1. The van der Waals surface area contributed by atoms with Crippen LogP contribution in [0.1, 0.15) is 18.1 Å². The molecule has 4 nitrogen and oxygen atoms in total. The zero-order valence-corrected chi connectivity index (χ0v) is 11.9. The second-order valence-electron chi connectivity index (χ2n) is 4.40. The van der Waals surface area contributed by atoms with Crippen LogP contribution in [0.15, 0.2) is 42.5 Å². The van der Waals surface area contributed by atoms with Crippen LogP contribution < -0.4 is 5.32 Å². The largest absolute Gasteiger partial charge is 0.381 e. The fourth-order valence-corrected chi connectivity index (χ4v) is 2.23. The lowest BCUT2D eigenvalue weighted by molar-refractivity contribution is -0.384. The number of hydrogen-bond acceptors (Lipinski definition) is 3. The van der Waals surface area contributed by atoms with Gasteiger partial charge < -0.3 is 5.32 Å². The fourth-order valence-electron chi connectivity index (χ4n) is 1.98. The van der Waals surface area contributed by atoms with Gasteiger partial charge in [0.25, 0.3) is 5.69 Å². The summed E-state index contributed by atoms with van der Waals surface area (Å²) >= 11 is 6.07.